The van der Waals surface area contributed by atoms with Crippen molar-refractivity contribution < 1.29 is 38.5 Å². The number of Topliss-reactive ketones (excluding diaryl/α,β-unsaturated/α-hetero) is 1. The summed E-state index contributed by atoms with van der Waals surface area (Å²) in [6.45, 7) is 8.22. The number of carbonyl (C=O) groups excluding carboxylic acids is 6. The van der Waals surface area contributed by atoms with Crippen molar-refractivity contribution in [3.05, 3.63) is 0 Å². The zero-order valence-corrected chi connectivity index (χ0v) is 21.9. The Labute approximate surface area is 211 Å². The normalized spacial score (nSPS) is 13.6. The lowest BCUT2D eigenvalue weighted by atomic mass is 10.0. The summed E-state index contributed by atoms with van der Waals surface area (Å²) in [6, 6.07) is -3.85. The number of rotatable bonds is 16. The molecule has 0 unspecified atom stereocenters. The summed E-state index contributed by atoms with van der Waals surface area (Å²) < 4.78 is 5.22. The Kier molecular flexibility index (Phi) is 15.3. The number of carbonyl (C=O) groups is 6. The van der Waals surface area contributed by atoms with Crippen LogP contribution >= 0.6 is 0 Å². The molecule has 0 radical (unpaired) electrons. The van der Waals surface area contributed by atoms with Crippen molar-refractivity contribution in [2.45, 2.75) is 84.5 Å². The van der Waals surface area contributed by atoms with E-state index in [1.54, 1.807) is 34.7 Å². The second-order valence-corrected chi connectivity index (χ2v) is 8.90. The van der Waals surface area contributed by atoms with Gasteiger partial charge in [-0.15, -0.1) is 0 Å². The highest BCUT2D eigenvalue weighted by Crippen LogP contribution is 2.08. The van der Waals surface area contributed by atoms with Crippen LogP contribution in [0.25, 0.3) is 0 Å². The van der Waals surface area contributed by atoms with E-state index < -0.39 is 54.0 Å². The van der Waals surface area contributed by atoms with Crippen LogP contribution in [-0.4, -0.2) is 79.5 Å². The minimum atomic E-state index is -1.13. The first kappa shape index (κ1) is 32.5. The van der Waals surface area contributed by atoms with Crippen molar-refractivity contribution >= 4 is 41.7 Å². The van der Waals surface area contributed by atoms with E-state index in [4.69, 9.17) is 10.5 Å². The third kappa shape index (κ3) is 14.0. The van der Waals surface area contributed by atoms with Crippen molar-refractivity contribution in [3.63, 3.8) is 0 Å². The van der Waals surface area contributed by atoms with Gasteiger partial charge in [0.05, 0.1) is 6.10 Å². The van der Waals surface area contributed by atoms with E-state index in [0.717, 1.165) is 0 Å². The van der Waals surface area contributed by atoms with Crippen molar-refractivity contribution in [2.24, 2.45) is 11.7 Å². The van der Waals surface area contributed by atoms with E-state index in [9.17, 15) is 28.8 Å². The molecule has 0 spiro atoms. The van der Waals surface area contributed by atoms with E-state index in [1.165, 1.54) is 13.1 Å². The Morgan fingerprint density at radius 2 is 1.53 bits per heavy atom. The predicted molar refractivity (Wildman–Crippen MR) is 132 cm³/mol. The van der Waals surface area contributed by atoms with Crippen LogP contribution in [0.15, 0.2) is 0 Å². The molecule has 3 atom stereocenters. The van der Waals surface area contributed by atoms with Gasteiger partial charge in [-0.05, 0) is 39.0 Å². The van der Waals surface area contributed by atoms with Crippen molar-refractivity contribution in [2.75, 3.05) is 13.6 Å². The van der Waals surface area contributed by atoms with E-state index >= 15 is 0 Å². The third-order valence-corrected chi connectivity index (χ3v) is 4.85. The summed E-state index contributed by atoms with van der Waals surface area (Å²) in [5, 5.41) is 10.1. The van der Waals surface area contributed by atoms with E-state index in [1.807, 2.05) is 0 Å². The lowest BCUT2D eigenvalue weighted by Crippen LogP contribution is -2.64. The van der Waals surface area contributed by atoms with Gasteiger partial charge in [0.25, 0.3) is 0 Å². The number of nitrogens with one attached hydrogen (secondary N) is 5. The maximum Gasteiger partial charge on any atom is 0.328 e. The highest BCUT2D eigenvalue weighted by molar-refractivity contribution is 6.25. The number of hydrogen-bond donors (Lipinski definition) is 6. The van der Waals surface area contributed by atoms with Crippen LogP contribution in [0.5, 0.6) is 0 Å². The average molecular weight is 514 g/mol. The molecule has 0 bridgehead atoms. The molecule has 13 heteroatoms. The summed E-state index contributed by atoms with van der Waals surface area (Å²) in [6.07, 6.45) is 1.13. The standard InChI is InChI=1S/C23H40N6O7/c1-13(2)19(27-15(5)30)21(33)28-17(8-7-11-26-23(24)35)20(32)29-18(22(34)36-14(3)4)10-9-16(31)12-25-6/h12-14,17-19H,7-11H2,1-6H3,(H,27,30)(H,28,33)(H,29,32)(H3,24,26,35)/p+1/t17-,18-,19-/m0/s1. The summed E-state index contributed by atoms with van der Waals surface area (Å²) in [5.74, 6) is -2.92. The number of ether oxygens (including phenoxy) is 1. The molecule has 0 aliphatic heterocycles. The van der Waals surface area contributed by atoms with Gasteiger partial charge in [-0.2, -0.15) is 0 Å². The topological polar surface area (TPSA) is 200 Å². The average Bonchev–Trinajstić information content (AvgIpc) is 2.75. The number of ketones is 1. The molecule has 0 aliphatic rings. The molecule has 5 amide bonds. The predicted octanol–water partition coefficient (Wildman–Crippen LogP) is -2.35. The highest BCUT2D eigenvalue weighted by atomic mass is 16.5. The lowest BCUT2D eigenvalue weighted by Gasteiger charge is -2.26. The molecule has 36 heavy (non-hydrogen) atoms. The molecular weight excluding hydrogens is 472 g/mol. The number of esters is 1. The quantitative estimate of drug-likeness (QED) is 0.0753. The Hall–Kier alpha value is -3.51. The van der Waals surface area contributed by atoms with Crippen LogP contribution in [-0.2, 0) is 28.7 Å². The summed E-state index contributed by atoms with van der Waals surface area (Å²) >= 11 is 0. The second kappa shape index (κ2) is 17.0. The molecule has 0 aromatic heterocycles. The Bertz CT molecular complexity index is 813. The molecule has 0 aromatic carbocycles. The lowest BCUT2D eigenvalue weighted by molar-refractivity contribution is -0.413. The van der Waals surface area contributed by atoms with Gasteiger partial charge < -0.3 is 31.7 Å². The molecule has 204 valence electrons. The minimum absolute atomic E-state index is 0.0152. The van der Waals surface area contributed by atoms with Gasteiger partial charge in [0.2, 0.25) is 29.7 Å². The van der Waals surface area contributed by atoms with Gasteiger partial charge >= 0.3 is 12.0 Å². The maximum atomic E-state index is 13.2. The smallest absolute Gasteiger partial charge is 0.328 e. The number of amides is 5. The molecule has 13 nitrogen and oxygen atoms in total. The first-order valence-electron chi connectivity index (χ1n) is 11.9. The third-order valence-electron chi connectivity index (χ3n) is 4.85. The number of nitrogens with two attached hydrogens (primary N) is 1. The highest BCUT2D eigenvalue weighted by Gasteiger charge is 2.31. The largest absolute Gasteiger partial charge is 0.461 e. The van der Waals surface area contributed by atoms with E-state index in [0.29, 0.717) is 0 Å². The van der Waals surface area contributed by atoms with Crippen LogP contribution in [0.2, 0.25) is 0 Å². The molecule has 0 fully saturated rings. The Morgan fingerprint density at radius 3 is 2.03 bits per heavy atom. The first-order chi connectivity index (χ1) is 16.8. The van der Waals surface area contributed by atoms with Crippen molar-refractivity contribution in [1.29, 1.82) is 0 Å². The van der Waals surface area contributed by atoms with Crippen LogP contribution in [0, 0.1) is 5.92 Å². The zero-order chi connectivity index (χ0) is 27.8. The molecule has 0 saturated carbocycles. The Morgan fingerprint density at radius 1 is 0.917 bits per heavy atom. The fourth-order valence-electron chi connectivity index (χ4n) is 3.16. The summed E-state index contributed by atoms with van der Waals surface area (Å²) in [4.78, 5) is 75.6. The minimum Gasteiger partial charge on any atom is -0.461 e. The van der Waals surface area contributed by atoms with Crippen molar-refractivity contribution in [1.82, 2.24) is 21.3 Å². The zero-order valence-electron chi connectivity index (χ0n) is 21.9. The molecule has 0 rings (SSSR count). The maximum absolute atomic E-state index is 13.2. The fraction of sp³-hybridized carbons (Fsp3) is 0.696. The molecular formula is C23H41N6O7+. The van der Waals surface area contributed by atoms with Gasteiger partial charge in [-0.3, -0.25) is 19.2 Å². The Balaban J connectivity index is 5.67. The van der Waals surface area contributed by atoms with Gasteiger partial charge in [-0.1, -0.05) is 13.8 Å². The van der Waals surface area contributed by atoms with Crippen molar-refractivity contribution in [3.8, 4) is 0 Å². The van der Waals surface area contributed by atoms with Gasteiger partial charge in [0.1, 0.15) is 25.2 Å². The second-order valence-electron chi connectivity index (χ2n) is 8.90. The van der Waals surface area contributed by atoms with Gasteiger partial charge in [0, 0.05) is 19.9 Å². The monoisotopic (exact) mass is 513 g/mol. The molecule has 0 aromatic rings. The van der Waals surface area contributed by atoms with E-state index in [-0.39, 0.29) is 43.9 Å². The summed E-state index contributed by atoms with van der Waals surface area (Å²) in [5.41, 5.74) is 5.06. The molecule has 7 N–H and O–H groups in total. The first-order valence-corrected chi connectivity index (χ1v) is 11.9. The van der Waals surface area contributed by atoms with Gasteiger partial charge in [0.15, 0.2) is 0 Å². The van der Waals surface area contributed by atoms with Crippen LogP contribution < -0.4 is 32.0 Å². The fourth-order valence-corrected chi connectivity index (χ4v) is 3.16. The number of hydrogen-bond acceptors (Lipinski definition) is 7. The molecule has 0 aliphatic carbocycles. The van der Waals surface area contributed by atoms with E-state index in [2.05, 4.69) is 26.3 Å². The molecule has 0 heterocycles. The number of primary amides is 1. The van der Waals surface area contributed by atoms with Crippen LogP contribution in [0.3, 0.4) is 0 Å². The SMILES string of the molecule is C[NH+]=CC(=O)CC[C@H](NC(=O)[C@H](CCCNC(N)=O)NC(=O)[C@@H](NC(C)=O)C(C)C)C(=O)OC(C)C. The number of urea groups is 1. The van der Waals surface area contributed by atoms with Crippen LogP contribution in [0.4, 0.5) is 4.79 Å². The molecule has 0 saturated heterocycles. The van der Waals surface area contributed by atoms with Gasteiger partial charge in [-0.25, -0.2) is 14.6 Å². The van der Waals surface area contributed by atoms with Crippen LogP contribution in [0.1, 0.15) is 60.3 Å². The summed E-state index contributed by atoms with van der Waals surface area (Å²) in [7, 11) is 1.57.